The first-order chi connectivity index (χ1) is 7.18. The van der Waals surface area contributed by atoms with E-state index in [2.05, 4.69) is 25.2 Å². The average Bonchev–Trinajstić information content (AvgIpc) is 2.54. The predicted molar refractivity (Wildman–Crippen MR) is 53.5 cm³/mol. The van der Waals surface area contributed by atoms with Crippen LogP contribution in [0.2, 0.25) is 0 Å². The second-order valence-electron chi connectivity index (χ2n) is 2.86. The molecule has 2 heterocycles. The molecule has 0 aliphatic rings. The van der Waals surface area contributed by atoms with Crippen molar-refractivity contribution in [3.05, 3.63) is 12.4 Å². The molecule has 0 fully saturated rings. The van der Waals surface area contributed by atoms with E-state index in [0.717, 1.165) is 0 Å². The van der Waals surface area contributed by atoms with Crippen LogP contribution in [-0.2, 0) is 4.79 Å². The molecule has 7 nitrogen and oxygen atoms in total. The van der Waals surface area contributed by atoms with Gasteiger partial charge in [-0.25, -0.2) is 9.97 Å². The van der Waals surface area contributed by atoms with Crippen LogP contribution in [0.5, 0.6) is 0 Å². The molecular formula is C8H8N6O. The number of fused-ring (bicyclic) bond motifs is 1. The number of rotatable bonds is 1. The van der Waals surface area contributed by atoms with E-state index in [4.69, 9.17) is 5.73 Å². The van der Waals surface area contributed by atoms with Crippen LogP contribution in [0.15, 0.2) is 22.6 Å². The van der Waals surface area contributed by atoms with Crippen molar-refractivity contribution in [1.82, 2.24) is 15.0 Å². The normalized spacial score (nSPS) is 11.3. The van der Waals surface area contributed by atoms with Crippen LogP contribution in [0.4, 0.5) is 11.6 Å². The first-order valence-corrected chi connectivity index (χ1v) is 4.19. The van der Waals surface area contributed by atoms with E-state index in [0.29, 0.717) is 22.7 Å². The van der Waals surface area contributed by atoms with Gasteiger partial charge in [0.1, 0.15) is 16.9 Å². The number of azo groups is 1. The monoisotopic (exact) mass is 204 g/mol. The van der Waals surface area contributed by atoms with Crippen LogP contribution >= 0.6 is 0 Å². The number of aromatic nitrogens is 3. The van der Waals surface area contributed by atoms with Gasteiger partial charge in [-0.15, -0.1) is 10.2 Å². The standard InChI is InChI=1S/C8H8N6O/c1-4(15)13-14-8-6-5(7(9)12-8)10-2-3-11-6/h2-3,12H,9H2,1H3. The number of aromatic amines is 1. The second kappa shape index (κ2) is 3.45. The number of carbonyl (C=O) groups excluding carboxylic acids is 1. The number of nitrogens with two attached hydrogens (primary N) is 1. The molecule has 0 aromatic carbocycles. The molecule has 0 bridgehead atoms. The molecule has 1 amide bonds. The van der Waals surface area contributed by atoms with Gasteiger partial charge in [0.15, 0.2) is 5.82 Å². The lowest BCUT2D eigenvalue weighted by atomic mass is 10.4. The lowest BCUT2D eigenvalue weighted by Gasteiger charge is -1.87. The van der Waals surface area contributed by atoms with E-state index in [9.17, 15) is 4.79 Å². The van der Waals surface area contributed by atoms with Gasteiger partial charge in [-0.2, -0.15) is 0 Å². The van der Waals surface area contributed by atoms with Gasteiger partial charge in [0.05, 0.1) is 0 Å². The molecule has 0 unspecified atom stereocenters. The summed E-state index contributed by atoms with van der Waals surface area (Å²) in [7, 11) is 0. The Morgan fingerprint density at radius 2 is 2.07 bits per heavy atom. The van der Waals surface area contributed by atoms with Gasteiger partial charge < -0.3 is 10.7 Å². The summed E-state index contributed by atoms with van der Waals surface area (Å²) in [5.41, 5.74) is 6.66. The smallest absolute Gasteiger partial charge is 0.261 e. The number of hydrogen-bond donors (Lipinski definition) is 2. The summed E-state index contributed by atoms with van der Waals surface area (Å²) < 4.78 is 0. The Labute approximate surface area is 84.4 Å². The van der Waals surface area contributed by atoms with E-state index in [1.165, 1.54) is 19.3 Å². The Morgan fingerprint density at radius 3 is 2.73 bits per heavy atom. The number of H-pyrrole nitrogens is 1. The fourth-order valence-electron chi connectivity index (χ4n) is 1.15. The summed E-state index contributed by atoms with van der Waals surface area (Å²) >= 11 is 0. The van der Waals surface area contributed by atoms with Crippen LogP contribution in [0.1, 0.15) is 6.92 Å². The molecular weight excluding hydrogens is 196 g/mol. The minimum absolute atomic E-state index is 0.339. The summed E-state index contributed by atoms with van der Waals surface area (Å²) in [6.07, 6.45) is 3.04. The maximum absolute atomic E-state index is 10.6. The van der Waals surface area contributed by atoms with Gasteiger partial charge >= 0.3 is 0 Å². The summed E-state index contributed by atoms with van der Waals surface area (Å²) in [6.45, 7) is 1.31. The van der Waals surface area contributed by atoms with Crippen LogP contribution in [0.3, 0.4) is 0 Å². The van der Waals surface area contributed by atoms with Gasteiger partial charge in [-0.1, -0.05) is 0 Å². The molecule has 2 aromatic rings. The predicted octanol–water partition coefficient (Wildman–Crippen LogP) is 1.17. The minimum Gasteiger partial charge on any atom is -0.383 e. The first kappa shape index (κ1) is 9.25. The third kappa shape index (κ3) is 1.66. The van der Waals surface area contributed by atoms with E-state index < -0.39 is 0 Å². The number of amides is 1. The molecule has 0 spiro atoms. The number of nitrogens with one attached hydrogen (secondary N) is 1. The number of nitrogen functional groups attached to an aromatic ring is 1. The van der Waals surface area contributed by atoms with E-state index >= 15 is 0 Å². The van der Waals surface area contributed by atoms with Gasteiger partial charge in [0.25, 0.3) is 5.91 Å². The largest absolute Gasteiger partial charge is 0.383 e. The van der Waals surface area contributed by atoms with E-state index in [1.807, 2.05) is 0 Å². The zero-order valence-electron chi connectivity index (χ0n) is 7.93. The Kier molecular flexibility index (Phi) is 2.13. The highest BCUT2D eigenvalue weighted by molar-refractivity contribution is 5.93. The van der Waals surface area contributed by atoms with Crippen LogP contribution in [0, 0.1) is 0 Å². The maximum atomic E-state index is 10.6. The topological polar surface area (TPSA) is 109 Å². The van der Waals surface area contributed by atoms with Crippen molar-refractivity contribution < 1.29 is 4.79 Å². The van der Waals surface area contributed by atoms with Gasteiger partial charge in [0.2, 0.25) is 0 Å². The molecule has 0 aliphatic heterocycles. The third-order valence-corrected chi connectivity index (χ3v) is 1.72. The van der Waals surface area contributed by atoms with Crippen molar-refractivity contribution in [1.29, 1.82) is 0 Å². The fraction of sp³-hybridized carbons (Fsp3) is 0.125. The number of nitrogens with zero attached hydrogens (tertiary/aromatic N) is 4. The second-order valence-corrected chi connectivity index (χ2v) is 2.86. The Hall–Kier alpha value is -2.31. The summed E-state index contributed by atoms with van der Waals surface area (Å²) in [5.74, 6) is 0.307. The lowest BCUT2D eigenvalue weighted by molar-refractivity contribution is -0.116. The molecule has 15 heavy (non-hydrogen) atoms. The van der Waals surface area contributed by atoms with Crippen molar-refractivity contribution in [3.63, 3.8) is 0 Å². The molecule has 3 N–H and O–H groups in total. The lowest BCUT2D eigenvalue weighted by Crippen LogP contribution is -1.85. The van der Waals surface area contributed by atoms with Crippen LogP contribution < -0.4 is 5.73 Å². The SMILES string of the molecule is CC(=O)N=Nc1[nH]c(N)c2nccnc12. The fourth-order valence-corrected chi connectivity index (χ4v) is 1.15. The molecule has 2 rings (SSSR count). The highest BCUT2D eigenvalue weighted by Gasteiger charge is 2.09. The van der Waals surface area contributed by atoms with Crippen LogP contribution in [-0.4, -0.2) is 20.9 Å². The number of anilines is 1. The molecule has 7 heteroatoms. The molecule has 0 radical (unpaired) electrons. The molecule has 0 saturated heterocycles. The van der Waals surface area contributed by atoms with Crippen molar-refractivity contribution in [3.8, 4) is 0 Å². The third-order valence-electron chi connectivity index (χ3n) is 1.72. The zero-order chi connectivity index (χ0) is 10.8. The van der Waals surface area contributed by atoms with E-state index in [-0.39, 0.29) is 5.91 Å². The van der Waals surface area contributed by atoms with Gasteiger partial charge in [-0.3, -0.25) is 4.79 Å². The first-order valence-electron chi connectivity index (χ1n) is 4.19. The Bertz CT molecular complexity index is 543. The van der Waals surface area contributed by atoms with Gasteiger partial charge in [0, 0.05) is 19.3 Å². The molecule has 76 valence electrons. The highest BCUT2D eigenvalue weighted by Crippen LogP contribution is 2.26. The Balaban J connectivity index is 2.57. The maximum Gasteiger partial charge on any atom is 0.261 e. The molecule has 0 atom stereocenters. The average molecular weight is 204 g/mol. The number of hydrogen-bond acceptors (Lipinski definition) is 5. The highest BCUT2D eigenvalue weighted by atomic mass is 16.1. The quantitative estimate of drug-likeness (QED) is 0.679. The van der Waals surface area contributed by atoms with Crippen molar-refractivity contribution in [2.24, 2.45) is 10.2 Å². The minimum atomic E-state index is -0.389. The molecule has 0 saturated carbocycles. The summed E-state index contributed by atoms with van der Waals surface area (Å²) in [5, 5.41) is 7.08. The van der Waals surface area contributed by atoms with E-state index in [1.54, 1.807) is 0 Å². The van der Waals surface area contributed by atoms with Crippen molar-refractivity contribution in [2.75, 3.05) is 5.73 Å². The molecule has 0 aliphatic carbocycles. The number of carbonyl (C=O) groups is 1. The summed E-state index contributed by atoms with van der Waals surface area (Å²) in [6, 6.07) is 0. The summed E-state index contributed by atoms with van der Waals surface area (Å²) in [4.78, 5) is 21.4. The Morgan fingerprint density at radius 1 is 1.40 bits per heavy atom. The molecule has 2 aromatic heterocycles. The van der Waals surface area contributed by atoms with Crippen molar-refractivity contribution >= 4 is 28.6 Å². The van der Waals surface area contributed by atoms with Gasteiger partial charge in [-0.05, 0) is 0 Å². The zero-order valence-corrected chi connectivity index (χ0v) is 7.93. The van der Waals surface area contributed by atoms with Crippen molar-refractivity contribution in [2.45, 2.75) is 6.92 Å². The van der Waals surface area contributed by atoms with Crippen LogP contribution in [0.25, 0.3) is 11.0 Å².